The van der Waals surface area contributed by atoms with Gasteiger partial charge in [-0.2, -0.15) is 0 Å². The van der Waals surface area contributed by atoms with E-state index >= 15 is 0 Å². The van der Waals surface area contributed by atoms with Gasteiger partial charge in [-0.05, 0) is 43.7 Å². The smallest absolute Gasteiger partial charge is 0.338 e. The van der Waals surface area contributed by atoms with Crippen LogP contribution in [-0.2, 0) is 9.53 Å². The molecule has 0 saturated heterocycles. The molecule has 1 heterocycles. The normalized spacial score (nSPS) is 18.4. The molecule has 0 fully saturated rings. The van der Waals surface area contributed by atoms with Gasteiger partial charge < -0.3 is 19.5 Å². The summed E-state index contributed by atoms with van der Waals surface area (Å²) in [7, 11) is 1.32. The van der Waals surface area contributed by atoms with Gasteiger partial charge in [-0.1, -0.05) is 18.2 Å². The van der Waals surface area contributed by atoms with Crippen molar-refractivity contribution in [1.82, 2.24) is 0 Å². The van der Waals surface area contributed by atoms with E-state index in [9.17, 15) is 9.59 Å². The number of rotatable bonds is 3. The number of hydrogen-bond acceptors (Lipinski definition) is 5. The molecule has 130 valence electrons. The molecule has 0 bridgehead atoms. The molecule has 0 saturated carbocycles. The summed E-state index contributed by atoms with van der Waals surface area (Å²) in [6, 6.07) is 12.3. The van der Waals surface area contributed by atoms with E-state index in [1.165, 1.54) is 7.11 Å². The van der Waals surface area contributed by atoms with Crippen molar-refractivity contribution < 1.29 is 23.8 Å². The number of anilines is 1. The van der Waals surface area contributed by atoms with Gasteiger partial charge in [0.15, 0.2) is 11.5 Å². The lowest BCUT2D eigenvalue weighted by Crippen LogP contribution is -2.46. The molecule has 6 nitrogen and oxygen atoms in total. The van der Waals surface area contributed by atoms with Crippen molar-refractivity contribution in [2.75, 3.05) is 12.4 Å². The van der Waals surface area contributed by atoms with Crippen LogP contribution in [0.15, 0.2) is 42.5 Å². The number of ether oxygens (including phenoxy) is 3. The standard InChI is InChI=1S/C19H19NO5/c1-11-13(19(22)23-3)7-6-8-14(11)20-18(21)17-12(2)24-15-9-4-5-10-16(15)25-17/h4-10,12,17H,1-3H3,(H,20,21)/t12-,17-/m1/s1. The monoisotopic (exact) mass is 341 g/mol. The second-order valence-electron chi connectivity index (χ2n) is 5.77. The fourth-order valence-corrected chi connectivity index (χ4v) is 2.71. The number of methoxy groups -OCH3 is 1. The molecule has 3 rings (SSSR count). The van der Waals surface area contributed by atoms with E-state index in [4.69, 9.17) is 14.2 Å². The zero-order valence-electron chi connectivity index (χ0n) is 14.2. The maximum absolute atomic E-state index is 12.7. The number of carbonyl (C=O) groups excluding carboxylic acids is 2. The molecule has 0 aliphatic carbocycles. The summed E-state index contributed by atoms with van der Waals surface area (Å²) in [6.07, 6.45) is -1.24. The summed E-state index contributed by atoms with van der Waals surface area (Å²) < 4.78 is 16.3. The molecular formula is C19H19NO5. The van der Waals surface area contributed by atoms with E-state index < -0.39 is 18.2 Å². The number of fused-ring (bicyclic) bond motifs is 1. The molecule has 2 aromatic rings. The molecule has 1 N–H and O–H groups in total. The van der Waals surface area contributed by atoms with E-state index in [2.05, 4.69) is 5.32 Å². The number of para-hydroxylation sites is 2. The van der Waals surface area contributed by atoms with E-state index in [1.807, 2.05) is 12.1 Å². The molecule has 1 aliphatic rings. The minimum atomic E-state index is -0.795. The Balaban J connectivity index is 1.80. The minimum Gasteiger partial charge on any atom is -0.482 e. The van der Waals surface area contributed by atoms with Crippen molar-refractivity contribution in [3.63, 3.8) is 0 Å². The maximum Gasteiger partial charge on any atom is 0.338 e. The molecular weight excluding hydrogens is 322 g/mol. The number of carbonyl (C=O) groups is 2. The first-order valence-electron chi connectivity index (χ1n) is 7.92. The molecule has 1 amide bonds. The number of hydrogen-bond donors (Lipinski definition) is 1. The molecule has 0 radical (unpaired) electrons. The van der Waals surface area contributed by atoms with Crippen molar-refractivity contribution in [1.29, 1.82) is 0 Å². The third-order valence-corrected chi connectivity index (χ3v) is 4.10. The fraction of sp³-hybridized carbons (Fsp3) is 0.263. The first-order chi connectivity index (χ1) is 12.0. The van der Waals surface area contributed by atoms with Crippen LogP contribution < -0.4 is 14.8 Å². The van der Waals surface area contributed by atoms with Crippen LogP contribution in [0.3, 0.4) is 0 Å². The number of nitrogens with one attached hydrogen (secondary N) is 1. The summed E-state index contributed by atoms with van der Waals surface area (Å²) >= 11 is 0. The van der Waals surface area contributed by atoms with Crippen LogP contribution in [0.25, 0.3) is 0 Å². The van der Waals surface area contributed by atoms with Gasteiger partial charge in [-0.15, -0.1) is 0 Å². The van der Waals surface area contributed by atoms with Gasteiger partial charge in [0.25, 0.3) is 5.91 Å². The highest BCUT2D eigenvalue weighted by Gasteiger charge is 2.34. The van der Waals surface area contributed by atoms with Gasteiger partial charge in [0, 0.05) is 5.69 Å². The highest BCUT2D eigenvalue weighted by Crippen LogP contribution is 2.33. The van der Waals surface area contributed by atoms with Crippen molar-refractivity contribution in [3.05, 3.63) is 53.6 Å². The SMILES string of the molecule is COC(=O)c1cccc(NC(=O)[C@@H]2Oc3ccccc3O[C@@H]2C)c1C. The van der Waals surface area contributed by atoms with Gasteiger partial charge >= 0.3 is 5.97 Å². The second-order valence-corrected chi connectivity index (χ2v) is 5.77. The maximum atomic E-state index is 12.7. The summed E-state index contributed by atoms with van der Waals surface area (Å²) in [5, 5.41) is 2.81. The van der Waals surface area contributed by atoms with E-state index in [0.29, 0.717) is 28.3 Å². The van der Waals surface area contributed by atoms with Crippen molar-refractivity contribution >= 4 is 17.6 Å². The Morgan fingerprint density at radius 3 is 2.40 bits per heavy atom. The Kier molecular flexibility index (Phi) is 4.61. The summed E-state index contributed by atoms with van der Waals surface area (Å²) in [6.45, 7) is 3.52. The van der Waals surface area contributed by atoms with Gasteiger partial charge in [-0.25, -0.2) is 4.79 Å². The lowest BCUT2D eigenvalue weighted by molar-refractivity contribution is -0.128. The largest absolute Gasteiger partial charge is 0.482 e. The average Bonchev–Trinajstić information content (AvgIpc) is 2.62. The van der Waals surface area contributed by atoms with E-state index in [-0.39, 0.29) is 5.91 Å². The topological polar surface area (TPSA) is 73.9 Å². The molecule has 1 aliphatic heterocycles. The predicted molar refractivity (Wildman–Crippen MR) is 92.1 cm³/mol. The quantitative estimate of drug-likeness (QED) is 0.869. The van der Waals surface area contributed by atoms with Crippen LogP contribution in [0, 0.1) is 6.92 Å². The van der Waals surface area contributed by atoms with Crippen LogP contribution in [0.5, 0.6) is 11.5 Å². The summed E-state index contributed by atoms with van der Waals surface area (Å²) in [4.78, 5) is 24.4. The van der Waals surface area contributed by atoms with Crippen molar-refractivity contribution in [3.8, 4) is 11.5 Å². The lowest BCUT2D eigenvalue weighted by atomic mass is 10.1. The van der Waals surface area contributed by atoms with Crippen LogP contribution in [0.4, 0.5) is 5.69 Å². The molecule has 6 heteroatoms. The highest BCUT2D eigenvalue weighted by atomic mass is 16.6. The van der Waals surface area contributed by atoms with Gasteiger partial charge in [0.05, 0.1) is 12.7 Å². The second kappa shape index (κ2) is 6.84. The lowest BCUT2D eigenvalue weighted by Gasteiger charge is -2.31. The Morgan fingerprint density at radius 1 is 1.04 bits per heavy atom. The third kappa shape index (κ3) is 3.28. The average molecular weight is 341 g/mol. The first kappa shape index (κ1) is 16.8. The Labute approximate surface area is 145 Å². The first-order valence-corrected chi connectivity index (χ1v) is 7.92. The molecule has 2 aromatic carbocycles. The molecule has 0 aromatic heterocycles. The van der Waals surface area contributed by atoms with Crippen molar-refractivity contribution in [2.24, 2.45) is 0 Å². The highest BCUT2D eigenvalue weighted by molar-refractivity contribution is 5.98. The predicted octanol–water partition coefficient (Wildman–Crippen LogP) is 2.95. The third-order valence-electron chi connectivity index (χ3n) is 4.10. The van der Waals surface area contributed by atoms with E-state index in [1.54, 1.807) is 44.2 Å². The zero-order valence-corrected chi connectivity index (χ0v) is 14.2. The Bertz CT molecular complexity index is 817. The molecule has 0 spiro atoms. The van der Waals surface area contributed by atoms with Gasteiger partial charge in [-0.3, -0.25) is 4.79 Å². The Hall–Kier alpha value is -3.02. The van der Waals surface area contributed by atoms with Crippen LogP contribution in [-0.4, -0.2) is 31.2 Å². The minimum absolute atomic E-state index is 0.341. The van der Waals surface area contributed by atoms with Gasteiger partial charge in [0.1, 0.15) is 6.10 Å². The summed E-state index contributed by atoms with van der Waals surface area (Å²) in [5.74, 6) is 0.351. The van der Waals surface area contributed by atoms with Crippen LogP contribution in [0.2, 0.25) is 0 Å². The zero-order chi connectivity index (χ0) is 18.0. The summed E-state index contributed by atoms with van der Waals surface area (Å²) in [5.41, 5.74) is 1.56. The van der Waals surface area contributed by atoms with Crippen molar-refractivity contribution in [2.45, 2.75) is 26.1 Å². The van der Waals surface area contributed by atoms with Crippen LogP contribution in [0.1, 0.15) is 22.8 Å². The molecule has 25 heavy (non-hydrogen) atoms. The van der Waals surface area contributed by atoms with E-state index in [0.717, 1.165) is 0 Å². The number of esters is 1. The number of amides is 1. The van der Waals surface area contributed by atoms with Gasteiger partial charge in [0.2, 0.25) is 6.10 Å². The number of benzene rings is 2. The Morgan fingerprint density at radius 2 is 1.72 bits per heavy atom. The van der Waals surface area contributed by atoms with Crippen LogP contribution >= 0.6 is 0 Å². The fourth-order valence-electron chi connectivity index (χ4n) is 2.71. The molecule has 0 unspecified atom stereocenters. The molecule has 2 atom stereocenters.